The van der Waals surface area contributed by atoms with Gasteiger partial charge in [-0.2, -0.15) is 0 Å². The molecule has 0 aliphatic heterocycles. The van der Waals surface area contributed by atoms with Crippen molar-refractivity contribution in [1.82, 2.24) is 5.32 Å². The van der Waals surface area contributed by atoms with Crippen LogP contribution in [0, 0.1) is 0 Å². The van der Waals surface area contributed by atoms with E-state index in [1.54, 1.807) is 0 Å². The third-order valence-corrected chi connectivity index (χ3v) is 3.37. The maximum absolute atomic E-state index is 5.59. The second-order valence-electron chi connectivity index (χ2n) is 4.97. The van der Waals surface area contributed by atoms with Crippen molar-refractivity contribution in [3.05, 3.63) is 29.8 Å². The van der Waals surface area contributed by atoms with Crippen LogP contribution in [-0.4, -0.2) is 13.2 Å². The Kier molecular flexibility index (Phi) is 8.31. The lowest BCUT2D eigenvalue weighted by atomic mass is 9.99. The molecule has 0 bridgehead atoms. The molecule has 1 unspecified atom stereocenters. The molecule has 0 fully saturated rings. The van der Waals surface area contributed by atoms with Crippen LogP contribution in [0.3, 0.4) is 0 Å². The van der Waals surface area contributed by atoms with Gasteiger partial charge in [0.1, 0.15) is 5.75 Å². The van der Waals surface area contributed by atoms with Crippen molar-refractivity contribution in [1.29, 1.82) is 0 Å². The van der Waals surface area contributed by atoms with Gasteiger partial charge >= 0.3 is 0 Å². The first-order valence-corrected chi connectivity index (χ1v) is 7.77. The van der Waals surface area contributed by atoms with Crippen molar-refractivity contribution in [3.63, 3.8) is 0 Å². The average molecular weight is 263 g/mol. The fourth-order valence-electron chi connectivity index (χ4n) is 2.40. The highest BCUT2D eigenvalue weighted by molar-refractivity contribution is 5.30. The fourth-order valence-corrected chi connectivity index (χ4v) is 2.40. The van der Waals surface area contributed by atoms with Gasteiger partial charge in [0.25, 0.3) is 0 Å². The summed E-state index contributed by atoms with van der Waals surface area (Å²) in [6.45, 7) is 8.20. The highest BCUT2D eigenvalue weighted by atomic mass is 16.5. The van der Waals surface area contributed by atoms with E-state index in [0.29, 0.717) is 6.04 Å². The van der Waals surface area contributed by atoms with Crippen molar-refractivity contribution in [3.8, 4) is 5.75 Å². The molecule has 1 atom stereocenters. The summed E-state index contributed by atoms with van der Waals surface area (Å²) in [5.41, 5.74) is 1.35. The van der Waals surface area contributed by atoms with E-state index >= 15 is 0 Å². The zero-order valence-electron chi connectivity index (χ0n) is 12.7. The average Bonchev–Trinajstić information content (AvgIpc) is 2.43. The molecule has 0 radical (unpaired) electrons. The molecule has 108 valence electrons. The van der Waals surface area contributed by atoms with Crippen LogP contribution in [0.1, 0.15) is 64.5 Å². The Balaban J connectivity index is 2.60. The number of benzene rings is 1. The Morgan fingerprint density at radius 1 is 1.11 bits per heavy atom. The normalized spacial score (nSPS) is 12.4. The summed E-state index contributed by atoms with van der Waals surface area (Å²) in [6.07, 6.45) is 6.49. The Hall–Kier alpha value is -1.02. The van der Waals surface area contributed by atoms with Crippen molar-refractivity contribution in [2.45, 2.75) is 58.9 Å². The summed E-state index contributed by atoms with van der Waals surface area (Å²) in [4.78, 5) is 0. The molecule has 1 aromatic carbocycles. The van der Waals surface area contributed by atoms with Crippen molar-refractivity contribution in [2.75, 3.05) is 13.2 Å². The molecule has 0 aliphatic rings. The standard InChI is InChI=1S/C17H29NO/c1-4-7-8-9-13-17(18-5-2)15-11-10-12-16(14-15)19-6-3/h10-12,14,17-18H,4-9,13H2,1-3H3. The van der Waals surface area contributed by atoms with E-state index in [1.165, 1.54) is 37.7 Å². The predicted molar refractivity (Wildman–Crippen MR) is 82.8 cm³/mol. The third-order valence-electron chi connectivity index (χ3n) is 3.37. The van der Waals surface area contributed by atoms with E-state index in [9.17, 15) is 0 Å². The van der Waals surface area contributed by atoms with Crippen LogP contribution in [0.2, 0.25) is 0 Å². The number of hydrogen-bond acceptors (Lipinski definition) is 2. The van der Waals surface area contributed by atoms with Crippen LogP contribution in [0.5, 0.6) is 5.75 Å². The van der Waals surface area contributed by atoms with Crippen LogP contribution < -0.4 is 10.1 Å². The zero-order chi connectivity index (χ0) is 13.9. The lowest BCUT2D eigenvalue weighted by Gasteiger charge is -2.19. The Morgan fingerprint density at radius 3 is 2.63 bits per heavy atom. The summed E-state index contributed by atoms with van der Waals surface area (Å²) in [6, 6.07) is 8.97. The number of hydrogen-bond donors (Lipinski definition) is 1. The summed E-state index contributed by atoms with van der Waals surface area (Å²) >= 11 is 0. The lowest BCUT2D eigenvalue weighted by Crippen LogP contribution is -2.20. The molecule has 0 heterocycles. The highest BCUT2D eigenvalue weighted by Gasteiger charge is 2.10. The van der Waals surface area contributed by atoms with Gasteiger partial charge in [-0.05, 0) is 37.6 Å². The quantitative estimate of drug-likeness (QED) is 0.617. The van der Waals surface area contributed by atoms with Gasteiger partial charge < -0.3 is 10.1 Å². The van der Waals surface area contributed by atoms with Crippen LogP contribution in [0.25, 0.3) is 0 Å². The minimum absolute atomic E-state index is 0.460. The summed E-state index contributed by atoms with van der Waals surface area (Å²) in [5, 5.41) is 3.59. The highest BCUT2D eigenvalue weighted by Crippen LogP contribution is 2.24. The van der Waals surface area contributed by atoms with Crippen LogP contribution in [0.15, 0.2) is 24.3 Å². The van der Waals surface area contributed by atoms with Crippen LogP contribution >= 0.6 is 0 Å². The number of unbranched alkanes of at least 4 members (excludes halogenated alkanes) is 3. The summed E-state index contributed by atoms with van der Waals surface area (Å²) < 4.78 is 5.59. The van der Waals surface area contributed by atoms with E-state index in [1.807, 2.05) is 13.0 Å². The second kappa shape index (κ2) is 9.85. The molecule has 1 rings (SSSR count). The molecule has 0 saturated carbocycles. The Bertz CT molecular complexity index is 338. The number of nitrogens with one attached hydrogen (secondary N) is 1. The smallest absolute Gasteiger partial charge is 0.119 e. The van der Waals surface area contributed by atoms with Gasteiger partial charge in [0.2, 0.25) is 0 Å². The van der Waals surface area contributed by atoms with E-state index in [4.69, 9.17) is 4.74 Å². The minimum atomic E-state index is 0.460. The van der Waals surface area contributed by atoms with E-state index < -0.39 is 0 Å². The Morgan fingerprint density at radius 2 is 1.95 bits per heavy atom. The molecule has 2 nitrogen and oxygen atoms in total. The first kappa shape index (κ1) is 16.0. The Labute approximate surface area is 118 Å². The van der Waals surface area contributed by atoms with Gasteiger partial charge in [-0.3, -0.25) is 0 Å². The molecule has 1 aromatic rings. The van der Waals surface area contributed by atoms with Gasteiger partial charge in [-0.1, -0.05) is 51.7 Å². The van der Waals surface area contributed by atoms with E-state index in [-0.39, 0.29) is 0 Å². The zero-order valence-corrected chi connectivity index (χ0v) is 12.7. The summed E-state index contributed by atoms with van der Waals surface area (Å²) in [5.74, 6) is 0.983. The molecule has 0 aliphatic carbocycles. The van der Waals surface area contributed by atoms with Gasteiger partial charge in [0, 0.05) is 6.04 Å². The largest absolute Gasteiger partial charge is 0.494 e. The predicted octanol–water partition coefficient (Wildman–Crippen LogP) is 4.71. The van der Waals surface area contributed by atoms with Gasteiger partial charge in [0.05, 0.1) is 6.61 Å². The van der Waals surface area contributed by atoms with Crippen molar-refractivity contribution in [2.24, 2.45) is 0 Å². The third kappa shape index (κ3) is 6.11. The van der Waals surface area contributed by atoms with Crippen LogP contribution in [-0.2, 0) is 0 Å². The van der Waals surface area contributed by atoms with E-state index in [0.717, 1.165) is 18.9 Å². The molecule has 0 saturated heterocycles. The molecule has 0 amide bonds. The topological polar surface area (TPSA) is 21.3 Å². The summed E-state index contributed by atoms with van der Waals surface area (Å²) in [7, 11) is 0. The monoisotopic (exact) mass is 263 g/mol. The molecular formula is C17H29NO. The SMILES string of the molecule is CCCCCCC(NCC)c1cccc(OCC)c1. The fraction of sp³-hybridized carbons (Fsp3) is 0.647. The lowest BCUT2D eigenvalue weighted by molar-refractivity contribution is 0.339. The van der Waals surface area contributed by atoms with Gasteiger partial charge in [-0.25, -0.2) is 0 Å². The molecule has 0 aromatic heterocycles. The van der Waals surface area contributed by atoms with Crippen LogP contribution in [0.4, 0.5) is 0 Å². The maximum Gasteiger partial charge on any atom is 0.119 e. The number of rotatable bonds is 10. The van der Waals surface area contributed by atoms with E-state index in [2.05, 4.69) is 37.4 Å². The minimum Gasteiger partial charge on any atom is -0.494 e. The molecular weight excluding hydrogens is 234 g/mol. The first-order chi connectivity index (χ1) is 9.31. The van der Waals surface area contributed by atoms with Crippen molar-refractivity contribution >= 4 is 0 Å². The molecule has 19 heavy (non-hydrogen) atoms. The maximum atomic E-state index is 5.59. The van der Waals surface area contributed by atoms with Gasteiger partial charge in [-0.15, -0.1) is 0 Å². The molecule has 1 N–H and O–H groups in total. The van der Waals surface area contributed by atoms with Gasteiger partial charge in [0.15, 0.2) is 0 Å². The van der Waals surface area contributed by atoms with Crippen molar-refractivity contribution < 1.29 is 4.74 Å². The second-order valence-corrected chi connectivity index (χ2v) is 4.97. The number of ether oxygens (including phenoxy) is 1. The molecule has 2 heteroatoms. The first-order valence-electron chi connectivity index (χ1n) is 7.77. The molecule has 0 spiro atoms.